The third kappa shape index (κ3) is 2.68. The molecular formula is C15H15N3O2S. The molecule has 3 rings (SSSR count). The third-order valence-electron chi connectivity index (χ3n) is 3.22. The summed E-state index contributed by atoms with van der Waals surface area (Å²) in [5, 5.41) is 15.8. The normalized spacial score (nSPS) is 15.1. The molecule has 1 aliphatic rings. The Morgan fingerprint density at radius 3 is 2.81 bits per heavy atom. The van der Waals surface area contributed by atoms with Gasteiger partial charge in [0.25, 0.3) is 0 Å². The first-order valence-electron chi connectivity index (χ1n) is 6.49. The number of thioether (sulfide) groups is 1. The van der Waals surface area contributed by atoms with E-state index in [1.807, 2.05) is 47.6 Å². The van der Waals surface area contributed by atoms with Crippen molar-refractivity contribution in [2.24, 2.45) is 0 Å². The fraction of sp³-hybridized carbons (Fsp3) is 0.133. The van der Waals surface area contributed by atoms with Crippen LogP contribution in [0.1, 0.15) is 0 Å². The number of nitrogens with one attached hydrogen (secondary N) is 1. The van der Waals surface area contributed by atoms with E-state index in [1.54, 1.807) is 0 Å². The third-order valence-corrected chi connectivity index (χ3v) is 4.20. The zero-order chi connectivity index (χ0) is 14.8. The summed E-state index contributed by atoms with van der Waals surface area (Å²) < 4.78 is 0. The molecule has 0 radical (unpaired) electrons. The molecule has 0 aromatic heterocycles. The van der Waals surface area contributed by atoms with Gasteiger partial charge in [0.15, 0.2) is 0 Å². The number of nitrogens with zero attached hydrogens (tertiary/aromatic N) is 2. The number of hydrogen-bond acceptors (Lipinski definition) is 5. The first kappa shape index (κ1) is 13.8. The predicted molar refractivity (Wildman–Crippen MR) is 85.5 cm³/mol. The Bertz CT molecular complexity index is 712. The van der Waals surface area contributed by atoms with Crippen molar-refractivity contribution in [2.45, 2.75) is 0 Å². The van der Waals surface area contributed by atoms with Crippen LogP contribution in [0.15, 0.2) is 53.7 Å². The van der Waals surface area contributed by atoms with E-state index in [0.717, 1.165) is 21.5 Å². The maximum atomic E-state index is 10.8. The molecule has 0 fully saturated rings. The average Bonchev–Trinajstić information content (AvgIpc) is 2.85. The number of rotatable bonds is 4. The number of hydrogen-bond donors (Lipinski definition) is 2. The second kappa shape index (κ2) is 5.67. The summed E-state index contributed by atoms with van der Waals surface area (Å²) in [6, 6.07) is 14.2. The molecule has 1 heterocycles. The monoisotopic (exact) mass is 301 g/mol. The Balaban J connectivity index is 1.99. The maximum Gasteiger partial charge on any atom is 0.313 e. The average molecular weight is 301 g/mol. The largest absolute Gasteiger partial charge is 0.481 e. The van der Waals surface area contributed by atoms with Gasteiger partial charge in [0.1, 0.15) is 5.03 Å². The molecule has 21 heavy (non-hydrogen) atoms. The molecule has 6 heteroatoms. The van der Waals surface area contributed by atoms with Crippen LogP contribution in [0.25, 0.3) is 10.8 Å². The predicted octanol–water partition coefficient (Wildman–Crippen LogP) is 2.63. The number of anilines is 1. The van der Waals surface area contributed by atoms with Crippen molar-refractivity contribution in [3.8, 4) is 0 Å². The number of carbonyl (C=O) groups is 1. The number of hydrazine groups is 2. The molecule has 2 aromatic carbocycles. The van der Waals surface area contributed by atoms with E-state index in [-0.39, 0.29) is 5.75 Å². The van der Waals surface area contributed by atoms with Crippen molar-refractivity contribution < 1.29 is 9.90 Å². The summed E-state index contributed by atoms with van der Waals surface area (Å²) in [5.41, 5.74) is 4.11. The van der Waals surface area contributed by atoms with E-state index in [0.29, 0.717) is 0 Å². The lowest BCUT2D eigenvalue weighted by Crippen LogP contribution is -2.39. The summed E-state index contributed by atoms with van der Waals surface area (Å²) in [5.74, 6) is -0.795. The van der Waals surface area contributed by atoms with Crippen molar-refractivity contribution >= 4 is 34.2 Å². The van der Waals surface area contributed by atoms with E-state index in [2.05, 4.69) is 23.6 Å². The van der Waals surface area contributed by atoms with Crippen molar-refractivity contribution in [2.75, 3.05) is 17.8 Å². The number of fused-ring (bicyclic) bond motifs is 1. The van der Waals surface area contributed by atoms with Gasteiger partial charge in [-0.3, -0.25) is 4.79 Å². The topological polar surface area (TPSA) is 55.8 Å². The molecule has 5 nitrogen and oxygen atoms in total. The molecule has 0 unspecified atom stereocenters. The van der Waals surface area contributed by atoms with Gasteiger partial charge in [-0.25, -0.2) is 5.01 Å². The zero-order valence-electron chi connectivity index (χ0n) is 11.5. The molecule has 0 bridgehead atoms. The highest BCUT2D eigenvalue weighted by molar-refractivity contribution is 8.03. The Morgan fingerprint density at radius 2 is 2.00 bits per heavy atom. The van der Waals surface area contributed by atoms with Crippen LogP contribution < -0.4 is 10.4 Å². The van der Waals surface area contributed by atoms with Crippen LogP contribution >= 0.6 is 11.8 Å². The molecular weight excluding hydrogens is 286 g/mol. The molecule has 0 aliphatic carbocycles. The van der Waals surface area contributed by atoms with Crippen LogP contribution in [0, 0.1) is 0 Å². The van der Waals surface area contributed by atoms with Crippen LogP contribution in [-0.2, 0) is 4.79 Å². The van der Waals surface area contributed by atoms with Crippen LogP contribution in [0.3, 0.4) is 0 Å². The van der Waals surface area contributed by atoms with Crippen molar-refractivity contribution in [3.05, 3.63) is 53.7 Å². The standard InChI is InChI=1S/C15H15N3O2S/c1-17-16-9-14(21-10-15(19)20)18(17)13-8-4-6-11-5-2-3-7-12(11)13/h2-9,16H,10H2,1H3,(H,19,20). The lowest BCUT2D eigenvalue weighted by Gasteiger charge is -2.29. The van der Waals surface area contributed by atoms with Gasteiger partial charge in [-0.1, -0.05) is 48.2 Å². The summed E-state index contributed by atoms with van der Waals surface area (Å²) in [6.45, 7) is 0. The minimum atomic E-state index is -0.826. The van der Waals surface area contributed by atoms with Crippen molar-refractivity contribution in [3.63, 3.8) is 0 Å². The van der Waals surface area contributed by atoms with Crippen molar-refractivity contribution in [1.82, 2.24) is 10.5 Å². The van der Waals surface area contributed by atoms with Gasteiger partial charge in [-0.05, 0) is 11.5 Å². The summed E-state index contributed by atoms with van der Waals surface area (Å²) >= 11 is 1.29. The number of benzene rings is 2. The Hall–Kier alpha value is -2.18. The number of carboxylic acids is 1. The van der Waals surface area contributed by atoms with Crippen molar-refractivity contribution in [1.29, 1.82) is 0 Å². The van der Waals surface area contributed by atoms with Crippen LogP contribution in [-0.4, -0.2) is 29.0 Å². The van der Waals surface area contributed by atoms with E-state index < -0.39 is 5.97 Å². The highest BCUT2D eigenvalue weighted by Crippen LogP contribution is 2.35. The second-order valence-electron chi connectivity index (χ2n) is 4.63. The lowest BCUT2D eigenvalue weighted by molar-refractivity contribution is -0.133. The highest BCUT2D eigenvalue weighted by Gasteiger charge is 2.24. The number of aliphatic carboxylic acids is 1. The first-order chi connectivity index (χ1) is 10.2. The molecule has 0 amide bonds. The maximum absolute atomic E-state index is 10.8. The quantitative estimate of drug-likeness (QED) is 0.905. The molecule has 108 valence electrons. The van der Waals surface area contributed by atoms with Crippen LogP contribution in [0.5, 0.6) is 0 Å². The second-order valence-corrected chi connectivity index (χ2v) is 5.62. The summed E-state index contributed by atoms with van der Waals surface area (Å²) in [6.07, 6.45) is 1.81. The van der Waals surface area contributed by atoms with E-state index in [1.165, 1.54) is 11.8 Å². The Kier molecular flexibility index (Phi) is 3.72. The smallest absolute Gasteiger partial charge is 0.313 e. The number of carboxylic acid groups (broad SMARTS) is 1. The Morgan fingerprint density at radius 1 is 1.24 bits per heavy atom. The SMILES string of the molecule is CN1NC=C(SCC(=O)O)N1c1cccc2ccccc12. The fourth-order valence-electron chi connectivity index (χ4n) is 2.33. The molecule has 0 spiro atoms. The zero-order valence-corrected chi connectivity index (χ0v) is 12.3. The van der Waals surface area contributed by atoms with Crippen LogP contribution in [0.4, 0.5) is 5.69 Å². The lowest BCUT2D eigenvalue weighted by atomic mass is 10.1. The van der Waals surface area contributed by atoms with E-state index in [9.17, 15) is 4.79 Å². The van der Waals surface area contributed by atoms with Gasteiger partial charge in [0, 0.05) is 18.6 Å². The molecule has 0 saturated heterocycles. The van der Waals surface area contributed by atoms with Gasteiger partial charge in [-0.2, -0.15) is 0 Å². The highest BCUT2D eigenvalue weighted by atomic mass is 32.2. The summed E-state index contributed by atoms with van der Waals surface area (Å²) in [4.78, 5) is 10.8. The van der Waals surface area contributed by atoms with Crippen LogP contribution in [0.2, 0.25) is 0 Å². The molecule has 2 N–H and O–H groups in total. The Labute approximate surface area is 126 Å². The van der Waals surface area contributed by atoms with Gasteiger partial charge in [0.05, 0.1) is 11.4 Å². The molecule has 2 aromatic rings. The minimum absolute atomic E-state index is 0.0304. The van der Waals surface area contributed by atoms with Gasteiger partial charge in [0.2, 0.25) is 0 Å². The van der Waals surface area contributed by atoms with Gasteiger partial charge < -0.3 is 10.5 Å². The summed E-state index contributed by atoms with van der Waals surface area (Å²) in [7, 11) is 1.90. The molecule has 1 aliphatic heterocycles. The van der Waals surface area contributed by atoms with E-state index in [4.69, 9.17) is 5.11 Å². The van der Waals surface area contributed by atoms with Gasteiger partial charge >= 0.3 is 5.97 Å². The van der Waals surface area contributed by atoms with E-state index >= 15 is 0 Å². The fourth-order valence-corrected chi connectivity index (χ4v) is 3.08. The minimum Gasteiger partial charge on any atom is -0.481 e. The molecule has 0 saturated carbocycles. The van der Waals surface area contributed by atoms with Gasteiger partial charge in [-0.15, -0.1) is 5.12 Å². The molecule has 0 atom stereocenters. The first-order valence-corrected chi connectivity index (χ1v) is 7.48.